The zero-order valence-electron chi connectivity index (χ0n) is 18.8. The van der Waals surface area contributed by atoms with Gasteiger partial charge in [0.1, 0.15) is 5.82 Å². The van der Waals surface area contributed by atoms with Crippen LogP contribution in [0.15, 0.2) is 54.9 Å². The maximum absolute atomic E-state index is 12.8. The van der Waals surface area contributed by atoms with E-state index in [0.717, 1.165) is 16.9 Å². The lowest BCUT2D eigenvalue weighted by molar-refractivity contribution is -0.117. The number of anilines is 2. The van der Waals surface area contributed by atoms with Crippen molar-refractivity contribution in [3.05, 3.63) is 82.4 Å². The normalized spacial score (nSPS) is 18.7. The van der Waals surface area contributed by atoms with E-state index in [1.54, 1.807) is 30.5 Å². The summed E-state index contributed by atoms with van der Waals surface area (Å²) in [6.45, 7) is 0.453. The molecular weight excluding hydrogens is 462 g/mol. The number of hydrogen-bond acceptors (Lipinski definition) is 6. The molecule has 0 unspecified atom stereocenters. The summed E-state index contributed by atoms with van der Waals surface area (Å²) in [6.07, 6.45) is 6.89. The van der Waals surface area contributed by atoms with Gasteiger partial charge in [-0.05, 0) is 72.6 Å². The molecule has 0 spiro atoms. The number of carbonyl (C=O) groups is 1. The van der Waals surface area contributed by atoms with Gasteiger partial charge in [-0.25, -0.2) is 14.5 Å². The Kier molecular flexibility index (Phi) is 5.34. The number of carbonyl (C=O) groups excluding carboxylic acids is 1. The lowest BCUT2D eigenvalue weighted by Gasteiger charge is -2.08. The van der Waals surface area contributed by atoms with Gasteiger partial charge in [-0.3, -0.25) is 4.79 Å². The van der Waals surface area contributed by atoms with Gasteiger partial charge in [-0.1, -0.05) is 17.7 Å². The van der Waals surface area contributed by atoms with Gasteiger partial charge >= 0.3 is 0 Å². The van der Waals surface area contributed by atoms with E-state index >= 15 is 0 Å². The molecule has 174 valence electrons. The van der Waals surface area contributed by atoms with Crippen LogP contribution in [0.25, 0.3) is 5.65 Å². The highest BCUT2D eigenvalue weighted by Gasteiger charge is 2.45. The number of fused-ring (bicyclic) bond motifs is 1. The Hall–Kier alpha value is -3.96. The van der Waals surface area contributed by atoms with Gasteiger partial charge in [0.25, 0.3) is 0 Å². The average Bonchev–Trinajstić information content (AvgIpc) is 3.79. The molecule has 4 aromatic rings. The van der Waals surface area contributed by atoms with Crippen LogP contribution < -0.4 is 10.6 Å². The minimum Gasteiger partial charge on any atom is -0.378 e. The molecule has 2 saturated carbocycles. The number of pyridine rings is 2. The summed E-state index contributed by atoms with van der Waals surface area (Å²) in [6, 6.07) is 15.1. The summed E-state index contributed by atoms with van der Waals surface area (Å²) < 4.78 is 1.84. The largest absolute Gasteiger partial charge is 0.378 e. The number of nitriles is 1. The first-order valence-electron chi connectivity index (χ1n) is 11.6. The number of halogens is 1. The van der Waals surface area contributed by atoms with E-state index in [0.29, 0.717) is 41.1 Å². The minimum atomic E-state index is -0.207. The average molecular weight is 484 g/mol. The number of nitrogens with zero attached hydrogens (tertiary/aromatic N) is 5. The number of rotatable bonds is 7. The fraction of sp³-hybridized carbons (Fsp3) is 0.269. The fourth-order valence-electron chi connectivity index (χ4n) is 4.46. The molecule has 0 radical (unpaired) electrons. The van der Waals surface area contributed by atoms with E-state index in [1.165, 1.54) is 18.4 Å². The van der Waals surface area contributed by atoms with Crippen LogP contribution in [0.5, 0.6) is 0 Å². The predicted octanol–water partition coefficient (Wildman–Crippen LogP) is 4.88. The Labute approximate surface area is 207 Å². The molecule has 0 saturated heterocycles. The van der Waals surface area contributed by atoms with Crippen molar-refractivity contribution in [2.75, 3.05) is 10.6 Å². The van der Waals surface area contributed by atoms with Crippen LogP contribution in [0.3, 0.4) is 0 Å². The van der Waals surface area contributed by atoms with Gasteiger partial charge < -0.3 is 10.6 Å². The van der Waals surface area contributed by atoms with E-state index < -0.39 is 0 Å². The summed E-state index contributed by atoms with van der Waals surface area (Å²) in [4.78, 5) is 21.7. The molecule has 9 heteroatoms. The van der Waals surface area contributed by atoms with Crippen LogP contribution in [-0.2, 0) is 11.3 Å². The maximum atomic E-state index is 12.8. The summed E-state index contributed by atoms with van der Waals surface area (Å²) in [7, 11) is 0. The summed E-state index contributed by atoms with van der Waals surface area (Å²) in [5, 5.41) is 20.7. The van der Waals surface area contributed by atoms with Gasteiger partial charge in [-0.15, -0.1) is 5.10 Å². The van der Waals surface area contributed by atoms with Gasteiger partial charge in [0.2, 0.25) is 5.91 Å². The quantitative estimate of drug-likeness (QED) is 0.388. The van der Waals surface area contributed by atoms with E-state index in [2.05, 4.69) is 44.0 Å². The maximum Gasteiger partial charge on any atom is 0.229 e. The molecule has 2 N–H and O–H groups in total. The van der Waals surface area contributed by atoms with Gasteiger partial charge in [0.15, 0.2) is 11.5 Å². The van der Waals surface area contributed by atoms with Crippen LogP contribution in [0.1, 0.15) is 53.6 Å². The molecule has 2 fully saturated rings. The molecule has 1 amide bonds. The Bertz CT molecular complexity index is 1490. The second-order valence-electron chi connectivity index (χ2n) is 9.13. The van der Waals surface area contributed by atoms with Crippen LogP contribution in [-0.4, -0.2) is 25.5 Å². The first-order chi connectivity index (χ1) is 17.1. The Morgan fingerprint density at radius 2 is 2.09 bits per heavy atom. The molecule has 6 rings (SSSR count). The smallest absolute Gasteiger partial charge is 0.229 e. The van der Waals surface area contributed by atoms with Crippen molar-refractivity contribution in [3.63, 3.8) is 0 Å². The number of benzene rings is 1. The molecule has 1 aromatic carbocycles. The molecule has 2 atom stereocenters. The van der Waals surface area contributed by atoms with E-state index in [-0.39, 0.29) is 17.7 Å². The molecule has 35 heavy (non-hydrogen) atoms. The van der Waals surface area contributed by atoms with Crippen LogP contribution >= 0.6 is 11.6 Å². The highest BCUT2D eigenvalue weighted by molar-refractivity contribution is 6.30. The number of aromatic nitrogens is 4. The topological polar surface area (TPSA) is 108 Å². The van der Waals surface area contributed by atoms with Gasteiger partial charge in [0, 0.05) is 35.1 Å². The lowest BCUT2D eigenvalue weighted by atomic mass is 10.0. The van der Waals surface area contributed by atoms with Crippen molar-refractivity contribution in [1.29, 1.82) is 5.26 Å². The first kappa shape index (κ1) is 21.6. The third-order valence-electron chi connectivity index (χ3n) is 6.57. The molecule has 2 aliphatic carbocycles. The van der Waals surface area contributed by atoms with E-state index in [9.17, 15) is 10.1 Å². The highest BCUT2D eigenvalue weighted by atomic mass is 35.5. The number of hydrogen-bond donors (Lipinski definition) is 2. The minimum absolute atomic E-state index is 0.00814. The second-order valence-corrected chi connectivity index (χ2v) is 9.57. The monoisotopic (exact) mass is 483 g/mol. The summed E-state index contributed by atoms with van der Waals surface area (Å²) in [5.74, 6) is 1.50. The molecule has 3 heterocycles. The molecule has 8 nitrogen and oxygen atoms in total. The number of nitrogens with one attached hydrogen (secondary N) is 2. The third kappa shape index (κ3) is 4.55. The van der Waals surface area contributed by atoms with Crippen LogP contribution in [0, 0.1) is 17.2 Å². The van der Waals surface area contributed by atoms with Crippen molar-refractivity contribution in [2.45, 2.75) is 37.6 Å². The molecule has 3 aromatic heterocycles. The second kappa shape index (κ2) is 8.67. The van der Waals surface area contributed by atoms with E-state index in [4.69, 9.17) is 11.6 Å². The highest BCUT2D eigenvalue weighted by Crippen LogP contribution is 2.49. The first-order valence-corrected chi connectivity index (χ1v) is 12.0. The molecule has 2 aliphatic rings. The Balaban J connectivity index is 1.09. The summed E-state index contributed by atoms with van der Waals surface area (Å²) >= 11 is 6.10. The van der Waals surface area contributed by atoms with Crippen molar-refractivity contribution < 1.29 is 4.79 Å². The fourth-order valence-corrected chi connectivity index (χ4v) is 4.64. The molecule has 0 bridgehead atoms. The predicted molar refractivity (Wildman–Crippen MR) is 132 cm³/mol. The van der Waals surface area contributed by atoms with Gasteiger partial charge in [0.05, 0.1) is 18.2 Å². The molecular formula is C26H22ClN7O. The van der Waals surface area contributed by atoms with E-state index in [1.807, 2.05) is 16.6 Å². The summed E-state index contributed by atoms with van der Waals surface area (Å²) in [5.41, 5.74) is 4.33. The van der Waals surface area contributed by atoms with Crippen molar-refractivity contribution >= 4 is 34.7 Å². The zero-order chi connectivity index (χ0) is 23.9. The SMILES string of the molecule is N#Cc1ccc(Cl)cc1[C@H]1C[C@@H]1C(=O)Nc1cc(NCc2nc3ccc(C4CC4)cn3n2)ccn1. The van der Waals surface area contributed by atoms with Crippen molar-refractivity contribution in [2.24, 2.45) is 5.92 Å². The van der Waals surface area contributed by atoms with Crippen LogP contribution in [0.4, 0.5) is 11.5 Å². The Morgan fingerprint density at radius 1 is 1.20 bits per heavy atom. The van der Waals surface area contributed by atoms with Gasteiger partial charge in [-0.2, -0.15) is 5.26 Å². The van der Waals surface area contributed by atoms with Crippen LogP contribution in [0.2, 0.25) is 5.02 Å². The zero-order valence-corrected chi connectivity index (χ0v) is 19.5. The third-order valence-corrected chi connectivity index (χ3v) is 6.80. The van der Waals surface area contributed by atoms with Crippen molar-refractivity contribution in [3.8, 4) is 6.07 Å². The lowest BCUT2D eigenvalue weighted by Crippen LogP contribution is -2.16. The number of amides is 1. The standard InChI is InChI=1S/C26H22ClN7O/c27-18-5-3-16(12-28)20(9-18)21-11-22(21)26(35)32-23-10-19(7-8-29-23)30-13-24-31-25-6-4-17(15-1-2-15)14-34(25)33-24/h3-10,14-15,21-22H,1-2,11,13H2,(H2,29,30,32,35)/t21-,22+/m1/s1. The van der Waals surface area contributed by atoms with Crippen molar-refractivity contribution in [1.82, 2.24) is 19.6 Å². The Morgan fingerprint density at radius 3 is 2.91 bits per heavy atom. The molecule has 0 aliphatic heterocycles.